The third kappa shape index (κ3) is 2.94. The molecule has 4 aliphatic rings. The molecule has 2 N–H and O–H groups in total. The molecule has 2 saturated carbocycles. The predicted octanol–water partition coefficient (Wildman–Crippen LogP) is 3.04. The number of allylic oxidation sites excluding steroid dienone is 1. The van der Waals surface area contributed by atoms with Gasteiger partial charge in [0.05, 0.1) is 12.2 Å². The lowest BCUT2D eigenvalue weighted by atomic mass is 9.45. The number of aliphatic hydroxyl groups excluding tert-OH is 1. The molecule has 0 spiro atoms. The van der Waals surface area contributed by atoms with Gasteiger partial charge in [-0.1, -0.05) is 40.2 Å². The lowest BCUT2D eigenvalue weighted by Gasteiger charge is -2.62. The van der Waals surface area contributed by atoms with Crippen molar-refractivity contribution in [3.05, 3.63) is 11.1 Å². The molecule has 1 heterocycles. The van der Waals surface area contributed by atoms with Gasteiger partial charge in [0.1, 0.15) is 11.7 Å². The van der Waals surface area contributed by atoms with Crippen LogP contribution >= 0.6 is 0 Å². The molecular formula is C25H38O6. The number of hydrogen-bond donors (Lipinski definition) is 2. The van der Waals surface area contributed by atoms with Crippen LogP contribution in [0.1, 0.15) is 67.7 Å². The quantitative estimate of drug-likeness (QED) is 0.616. The third-order valence-corrected chi connectivity index (χ3v) is 9.57. The van der Waals surface area contributed by atoms with Crippen LogP contribution in [0.2, 0.25) is 0 Å². The minimum absolute atomic E-state index is 0.000574. The van der Waals surface area contributed by atoms with Crippen LogP contribution in [-0.4, -0.2) is 52.5 Å². The zero-order valence-electron chi connectivity index (χ0n) is 19.9. The summed E-state index contributed by atoms with van der Waals surface area (Å²) in [5.74, 6) is -0.659. The molecule has 6 nitrogen and oxygen atoms in total. The Labute approximate surface area is 185 Å². The molecule has 6 heteroatoms. The van der Waals surface area contributed by atoms with Crippen molar-refractivity contribution in [2.45, 2.75) is 91.6 Å². The summed E-state index contributed by atoms with van der Waals surface area (Å²) in [6.45, 7) is 13.8. The maximum absolute atomic E-state index is 14.2. The van der Waals surface area contributed by atoms with Gasteiger partial charge in [-0.15, -0.1) is 0 Å². The number of rotatable bonds is 1. The number of Topliss-reactive ketones (excluding diaryl/α,β-unsaturated/α-hetero) is 1. The van der Waals surface area contributed by atoms with E-state index < -0.39 is 40.5 Å². The SMILES string of the molecule is CC(=O)OC1C2C3C(C)COC3CC(C)C2(C)C(=O)/C(C)=C2/CC(O)CC1(O)C2(C)C. The lowest BCUT2D eigenvalue weighted by Crippen LogP contribution is -2.69. The molecule has 1 aliphatic heterocycles. The summed E-state index contributed by atoms with van der Waals surface area (Å²) >= 11 is 0. The molecule has 2 bridgehead atoms. The molecule has 0 amide bonds. The van der Waals surface area contributed by atoms with E-state index in [0.29, 0.717) is 18.6 Å². The average molecular weight is 435 g/mol. The van der Waals surface area contributed by atoms with E-state index in [1.165, 1.54) is 6.92 Å². The van der Waals surface area contributed by atoms with Crippen molar-refractivity contribution in [3.8, 4) is 0 Å². The summed E-state index contributed by atoms with van der Waals surface area (Å²) in [5.41, 5.74) is -1.70. The molecular weight excluding hydrogens is 396 g/mol. The van der Waals surface area contributed by atoms with Crippen molar-refractivity contribution in [1.29, 1.82) is 0 Å². The van der Waals surface area contributed by atoms with Crippen LogP contribution in [0.5, 0.6) is 0 Å². The van der Waals surface area contributed by atoms with Gasteiger partial charge in [-0.2, -0.15) is 0 Å². The van der Waals surface area contributed by atoms with Crippen molar-refractivity contribution in [2.75, 3.05) is 6.61 Å². The number of carbonyl (C=O) groups excluding carboxylic acids is 2. The molecule has 1 saturated heterocycles. The van der Waals surface area contributed by atoms with Crippen LogP contribution in [0.15, 0.2) is 11.1 Å². The van der Waals surface area contributed by atoms with E-state index in [-0.39, 0.29) is 36.1 Å². The van der Waals surface area contributed by atoms with Gasteiger partial charge in [0.25, 0.3) is 0 Å². The van der Waals surface area contributed by atoms with Crippen molar-refractivity contribution < 1.29 is 29.3 Å². The van der Waals surface area contributed by atoms with Gasteiger partial charge in [0.2, 0.25) is 0 Å². The maximum Gasteiger partial charge on any atom is 0.303 e. The van der Waals surface area contributed by atoms with Crippen LogP contribution in [0.25, 0.3) is 0 Å². The molecule has 0 aromatic carbocycles. The average Bonchev–Trinajstić information content (AvgIpc) is 3.02. The molecule has 4 rings (SSSR count). The number of hydrogen-bond acceptors (Lipinski definition) is 6. The van der Waals surface area contributed by atoms with E-state index in [1.807, 2.05) is 27.7 Å². The zero-order chi connectivity index (χ0) is 23.1. The largest absolute Gasteiger partial charge is 0.459 e. The topological polar surface area (TPSA) is 93.1 Å². The smallest absolute Gasteiger partial charge is 0.303 e. The molecule has 0 radical (unpaired) electrons. The molecule has 174 valence electrons. The summed E-state index contributed by atoms with van der Waals surface area (Å²) < 4.78 is 12.1. The highest BCUT2D eigenvalue weighted by Crippen LogP contribution is 2.63. The van der Waals surface area contributed by atoms with E-state index in [9.17, 15) is 19.8 Å². The fourth-order valence-electron chi connectivity index (χ4n) is 7.61. The first-order chi connectivity index (χ1) is 14.3. The summed E-state index contributed by atoms with van der Waals surface area (Å²) in [7, 11) is 0. The van der Waals surface area contributed by atoms with Gasteiger partial charge in [-0.05, 0) is 43.1 Å². The van der Waals surface area contributed by atoms with Crippen LogP contribution in [0, 0.1) is 34.5 Å². The Morgan fingerprint density at radius 2 is 1.87 bits per heavy atom. The van der Waals surface area contributed by atoms with Crippen LogP contribution in [-0.2, 0) is 19.1 Å². The molecule has 9 unspecified atom stereocenters. The van der Waals surface area contributed by atoms with Gasteiger partial charge in [0, 0.05) is 36.7 Å². The van der Waals surface area contributed by atoms with Gasteiger partial charge in [-0.3, -0.25) is 9.59 Å². The second-order valence-electron chi connectivity index (χ2n) is 11.4. The molecule has 9 atom stereocenters. The van der Waals surface area contributed by atoms with Gasteiger partial charge in [-0.25, -0.2) is 0 Å². The fourth-order valence-corrected chi connectivity index (χ4v) is 7.61. The Kier molecular flexibility index (Phi) is 5.27. The highest BCUT2D eigenvalue weighted by molar-refractivity contribution is 6.01. The maximum atomic E-state index is 14.2. The number of aliphatic hydroxyl groups is 2. The highest BCUT2D eigenvalue weighted by Gasteiger charge is 2.69. The monoisotopic (exact) mass is 434 g/mol. The summed E-state index contributed by atoms with van der Waals surface area (Å²) in [6.07, 6.45) is -0.513. The van der Waals surface area contributed by atoms with E-state index in [0.717, 1.165) is 12.0 Å². The summed E-state index contributed by atoms with van der Waals surface area (Å²) in [6, 6.07) is 0. The van der Waals surface area contributed by atoms with E-state index in [4.69, 9.17) is 9.47 Å². The van der Waals surface area contributed by atoms with E-state index in [1.54, 1.807) is 0 Å². The van der Waals surface area contributed by atoms with Crippen molar-refractivity contribution in [1.82, 2.24) is 0 Å². The normalized spacial score (nSPS) is 51.4. The van der Waals surface area contributed by atoms with E-state index in [2.05, 4.69) is 13.8 Å². The number of carbonyl (C=O) groups is 2. The first kappa shape index (κ1) is 22.9. The standard InChI is InChI=1S/C25H38O6/c1-12-11-30-18-8-13(2)24(7)20(19(12)18)22(31-15(4)26)25(29)10-16(27)9-17(23(25,5)6)14(3)21(24)28/h12-13,16,18-20,22,27,29H,8-11H2,1-7H3/b17-14-. The molecule has 0 aromatic heterocycles. The number of fused-ring (bicyclic) bond motifs is 5. The van der Waals surface area contributed by atoms with Crippen molar-refractivity contribution >= 4 is 11.8 Å². The van der Waals surface area contributed by atoms with Crippen LogP contribution < -0.4 is 0 Å². The first-order valence-corrected chi connectivity index (χ1v) is 11.7. The third-order valence-electron chi connectivity index (χ3n) is 9.57. The minimum Gasteiger partial charge on any atom is -0.459 e. The van der Waals surface area contributed by atoms with Crippen molar-refractivity contribution in [2.24, 2.45) is 34.5 Å². The van der Waals surface area contributed by atoms with Crippen molar-refractivity contribution in [3.63, 3.8) is 0 Å². The Bertz CT molecular complexity index is 830. The van der Waals surface area contributed by atoms with Gasteiger partial charge >= 0.3 is 5.97 Å². The lowest BCUT2D eigenvalue weighted by molar-refractivity contribution is -0.236. The first-order valence-electron chi connectivity index (χ1n) is 11.7. The Morgan fingerprint density at radius 3 is 2.48 bits per heavy atom. The fraction of sp³-hybridized carbons (Fsp3) is 0.840. The molecule has 3 fully saturated rings. The number of ketones is 1. The van der Waals surface area contributed by atoms with Gasteiger partial charge in [0.15, 0.2) is 5.78 Å². The van der Waals surface area contributed by atoms with Crippen LogP contribution in [0.3, 0.4) is 0 Å². The summed E-state index contributed by atoms with van der Waals surface area (Å²) in [4.78, 5) is 26.5. The highest BCUT2D eigenvalue weighted by atomic mass is 16.6. The number of esters is 1. The second-order valence-corrected chi connectivity index (χ2v) is 11.4. The minimum atomic E-state index is -1.50. The summed E-state index contributed by atoms with van der Waals surface area (Å²) in [5, 5.41) is 23.1. The zero-order valence-corrected chi connectivity index (χ0v) is 19.9. The Morgan fingerprint density at radius 1 is 1.23 bits per heavy atom. The Hall–Kier alpha value is -1.24. The number of ether oxygens (including phenoxy) is 2. The molecule has 31 heavy (non-hydrogen) atoms. The second kappa shape index (κ2) is 7.13. The van der Waals surface area contributed by atoms with Crippen LogP contribution in [0.4, 0.5) is 0 Å². The van der Waals surface area contributed by atoms with Gasteiger partial charge < -0.3 is 19.7 Å². The predicted molar refractivity (Wildman–Crippen MR) is 115 cm³/mol. The molecule has 3 aliphatic carbocycles. The van der Waals surface area contributed by atoms with E-state index >= 15 is 0 Å². The molecule has 0 aromatic rings. The Balaban J connectivity index is 2.05.